The van der Waals surface area contributed by atoms with Crippen LogP contribution >= 0.6 is 11.6 Å². The number of hydrogen-bond acceptors (Lipinski definition) is 2. The van der Waals surface area contributed by atoms with Crippen molar-refractivity contribution in [1.82, 2.24) is 0 Å². The fourth-order valence-electron chi connectivity index (χ4n) is 2.77. The zero-order valence-corrected chi connectivity index (χ0v) is 10.5. The molecule has 3 atom stereocenters. The fourth-order valence-corrected chi connectivity index (χ4v) is 2.92. The van der Waals surface area contributed by atoms with E-state index in [1.54, 1.807) is 6.07 Å². The van der Waals surface area contributed by atoms with Crippen LogP contribution in [0.4, 0.5) is 0 Å². The second-order valence-electron chi connectivity index (χ2n) is 4.87. The summed E-state index contributed by atoms with van der Waals surface area (Å²) in [6.07, 6.45) is 6.37. The zero-order valence-electron chi connectivity index (χ0n) is 9.79. The molecule has 16 heavy (non-hydrogen) atoms. The summed E-state index contributed by atoms with van der Waals surface area (Å²) in [5, 5.41) is 0.438. The van der Waals surface area contributed by atoms with Crippen LogP contribution in [0, 0.1) is 11.8 Å². The van der Waals surface area contributed by atoms with Crippen LogP contribution in [0.3, 0.4) is 0 Å². The van der Waals surface area contributed by atoms with Gasteiger partial charge in [-0.25, -0.2) is 0 Å². The zero-order chi connectivity index (χ0) is 11.5. The first-order chi connectivity index (χ1) is 7.70. The van der Waals surface area contributed by atoms with Gasteiger partial charge in [0.2, 0.25) is 0 Å². The largest absolute Gasteiger partial charge is 0.448 e. The van der Waals surface area contributed by atoms with E-state index in [0.29, 0.717) is 11.1 Å². The molecule has 0 bridgehead atoms. The first-order valence-corrected chi connectivity index (χ1v) is 6.59. The highest BCUT2D eigenvalue weighted by Gasteiger charge is 2.28. The number of nitrogens with two attached hydrogens (primary N) is 1. The molecule has 2 nitrogen and oxygen atoms in total. The third kappa shape index (κ3) is 2.61. The van der Waals surface area contributed by atoms with Crippen molar-refractivity contribution in [2.24, 2.45) is 17.6 Å². The summed E-state index contributed by atoms with van der Waals surface area (Å²) in [4.78, 5) is 0. The molecule has 90 valence electrons. The van der Waals surface area contributed by atoms with Gasteiger partial charge >= 0.3 is 0 Å². The van der Waals surface area contributed by atoms with Crippen molar-refractivity contribution in [3.05, 3.63) is 23.1 Å². The third-order valence-corrected chi connectivity index (χ3v) is 4.03. The van der Waals surface area contributed by atoms with Crippen molar-refractivity contribution in [2.45, 2.75) is 45.1 Å². The molecule has 1 aromatic heterocycles. The molecule has 0 radical (unpaired) electrons. The van der Waals surface area contributed by atoms with E-state index in [0.717, 1.165) is 11.7 Å². The van der Waals surface area contributed by atoms with E-state index in [4.69, 9.17) is 21.8 Å². The molecule has 0 amide bonds. The van der Waals surface area contributed by atoms with Crippen molar-refractivity contribution in [1.29, 1.82) is 0 Å². The monoisotopic (exact) mass is 241 g/mol. The smallest absolute Gasteiger partial charge is 0.193 e. The van der Waals surface area contributed by atoms with Crippen LogP contribution in [0.2, 0.25) is 5.22 Å². The van der Waals surface area contributed by atoms with E-state index in [1.807, 2.05) is 6.07 Å². The van der Waals surface area contributed by atoms with Crippen LogP contribution in [-0.4, -0.2) is 0 Å². The van der Waals surface area contributed by atoms with Gasteiger partial charge in [0, 0.05) is 0 Å². The van der Waals surface area contributed by atoms with E-state index in [9.17, 15) is 0 Å². The van der Waals surface area contributed by atoms with E-state index < -0.39 is 0 Å². The molecule has 1 fully saturated rings. The maximum absolute atomic E-state index is 6.25. The van der Waals surface area contributed by atoms with Gasteiger partial charge in [0.1, 0.15) is 5.76 Å². The van der Waals surface area contributed by atoms with Crippen molar-refractivity contribution >= 4 is 11.6 Å². The van der Waals surface area contributed by atoms with Crippen LogP contribution < -0.4 is 5.73 Å². The fraction of sp³-hybridized carbons (Fsp3) is 0.692. The molecular weight excluding hydrogens is 222 g/mol. The lowest BCUT2D eigenvalue weighted by atomic mass is 9.76. The highest BCUT2D eigenvalue weighted by molar-refractivity contribution is 6.28. The Kier molecular flexibility index (Phi) is 3.93. The Morgan fingerprint density at radius 2 is 2.31 bits per heavy atom. The van der Waals surface area contributed by atoms with Gasteiger partial charge in [-0.1, -0.05) is 26.2 Å². The Bertz CT molecular complexity index is 336. The highest BCUT2D eigenvalue weighted by Crippen LogP contribution is 2.37. The Morgan fingerprint density at radius 3 is 2.94 bits per heavy atom. The van der Waals surface area contributed by atoms with E-state index in [1.165, 1.54) is 32.1 Å². The summed E-state index contributed by atoms with van der Waals surface area (Å²) in [5.41, 5.74) is 6.25. The maximum Gasteiger partial charge on any atom is 0.193 e. The average Bonchev–Trinajstić information content (AvgIpc) is 2.75. The third-order valence-electron chi connectivity index (χ3n) is 3.83. The van der Waals surface area contributed by atoms with Gasteiger partial charge in [0.25, 0.3) is 0 Å². The Labute approximate surface area is 102 Å². The molecule has 3 unspecified atom stereocenters. The van der Waals surface area contributed by atoms with Crippen molar-refractivity contribution in [3.63, 3.8) is 0 Å². The van der Waals surface area contributed by atoms with Gasteiger partial charge in [-0.15, -0.1) is 0 Å². The Balaban J connectivity index is 2.01. The molecule has 0 aliphatic heterocycles. The number of halogens is 1. The molecule has 1 aliphatic carbocycles. The van der Waals surface area contributed by atoms with Gasteiger partial charge in [0.05, 0.1) is 6.04 Å². The molecule has 1 aromatic rings. The lowest BCUT2D eigenvalue weighted by Crippen LogP contribution is -2.26. The minimum Gasteiger partial charge on any atom is -0.448 e. The van der Waals surface area contributed by atoms with Crippen molar-refractivity contribution in [2.75, 3.05) is 0 Å². The minimum atomic E-state index is 0.0156. The molecule has 0 spiro atoms. The lowest BCUT2D eigenvalue weighted by molar-refractivity contribution is 0.217. The van der Waals surface area contributed by atoms with Crippen LogP contribution in [0.25, 0.3) is 0 Å². The second kappa shape index (κ2) is 5.24. The summed E-state index contributed by atoms with van der Waals surface area (Å²) in [7, 11) is 0. The normalized spacial score (nSPS) is 27.9. The van der Waals surface area contributed by atoms with Crippen molar-refractivity contribution in [3.8, 4) is 0 Å². The molecule has 1 heterocycles. The molecule has 2 rings (SSSR count). The summed E-state index contributed by atoms with van der Waals surface area (Å²) >= 11 is 5.78. The quantitative estimate of drug-likeness (QED) is 0.864. The molecule has 3 heteroatoms. The predicted octanol–water partition coefficient (Wildman–Crippen LogP) is 4.15. The molecule has 2 N–H and O–H groups in total. The Morgan fingerprint density at radius 1 is 1.50 bits per heavy atom. The molecule has 1 aliphatic rings. The first-order valence-electron chi connectivity index (χ1n) is 6.21. The summed E-state index contributed by atoms with van der Waals surface area (Å²) in [5.74, 6) is 2.24. The average molecular weight is 242 g/mol. The molecule has 1 saturated carbocycles. The van der Waals surface area contributed by atoms with Crippen LogP contribution in [0.1, 0.15) is 50.8 Å². The van der Waals surface area contributed by atoms with E-state index in [2.05, 4.69) is 6.92 Å². The summed E-state index contributed by atoms with van der Waals surface area (Å²) in [6, 6.07) is 3.70. The van der Waals surface area contributed by atoms with E-state index in [-0.39, 0.29) is 6.04 Å². The Hall–Kier alpha value is -0.470. The lowest BCUT2D eigenvalue weighted by Gasteiger charge is -2.31. The van der Waals surface area contributed by atoms with Crippen molar-refractivity contribution < 1.29 is 4.42 Å². The van der Waals surface area contributed by atoms with E-state index >= 15 is 0 Å². The standard InChI is InChI=1S/C13H20ClNO/c1-2-9-4-3-5-10(8-9)13(15)11-6-7-12(14)16-11/h6-7,9-10,13H,2-5,8,15H2,1H3. The van der Waals surface area contributed by atoms with Gasteiger partial charge < -0.3 is 10.2 Å². The number of furan rings is 1. The summed E-state index contributed by atoms with van der Waals surface area (Å²) < 4.78 is 5.41. The SMILES string of the molecule is CCC1CCCC(C(N)c2ccc(Cl)o2)C1. The van der Waals surface area contributed by atoms with Crippen LogP contribution in [0.15, 0.2) is 16.5 Å². The maximum atomic E-state index is 6.25. The van der Waals surface area contributed by atoms with Gasteiger partial charge in [-0.2, -0.15) is 0 Å². The number of rotatable bonds is 3. The van der Waals surface area contributed by atoms with Gasteiger partial charge in [-0.3, -0.25) is 0 Å². The van der Waals surface area contributed by atoms with Gasteiger partial charge in [-0.05, 0) is 48.4 Å². The van der Waals surface area contributed by atoms with Crippen LogP contribution in [0.5, 0.6) is 0 Å². The highest BCUT2D eigenvalue weighted by atomic mass is 35.5. The molecule has 0 saturated heterocycles. The number of hydrogen-bond donors (Lipinski definition) is 1. The molecule has 0 aromatic carbocycles. The second-order valence-corrected chi connectivity index (χ2v) is 5.24. The van der Waals surface area contributed by atoms with Crippen LogP contribution in [-0.2, 0) is 0 Å². The topological polar surface area (TPSA) is 39.2 Å². The first kappa shape index (κ1) is 12.0. The predicted molar refractivity (Wildman–Crippen MR) is 66.4 cm³/mol. The molecular formula is C13H20ClNO. The van der Waals surface area contributed by atoms with Gasteiger partial charge in [0.15, 0.2) is 5.22 Å². The minimum absolute atomic E-state index is 0.0156. The summed E-state index contributed by atoms with van der Waals surface area (Å²) in [6.45, 7) is 2.27.